The summed E-state index contributed by atoms with van der Waals surface area (Å²) in [6.45, 7) is 6.48. The molecule has 0 unspecified atom stereocenters. The summed E-state index contributed by atoms with van der Waals surface area (Å²) in [5.74, 6) is 1.21. The zero-order chi connectivity index (χ0) is 11.4. The van der Waals surface area contributed by atoms with E-state index in [0.717, 1.165) is 13.1 Å². The lowest BCUT2D eigenvalue weighted by molar-refractivity contribution is 0.351. The predicted molar refractivity (Wildman–Crippen MR) is 74.4 cm³/mol. The fourth-order valence-corrected chi connectivity index (χ4v) is 3.45. The summed E-state index contributed by atoms with van der Waals surface area (Å²) in [5.41, 5.74) is 0. The Morgan fingerprint density at radius 3 is 2.94 bits per heavy atom. The number of thioether (sulfide) groups is 1. The molecular weight excluding hydrogens is 236 g/mol. The third-order valence-corrected chi connectivity index (χ3v) is 4.53. The molecule has 1 aliphatic heterocycles. The number of rotatable bonds is 3. The predicted octanol–water partition coefficient (Wildman–Crippen LogP) is 3.45. The molecule has 0 atom stereocenters. The maximum absolute atomic E-state index is 4.64. The fraction of sp³-hybridized carbons (Fsp3) is 0.583. The van der Waals surface area contributed by atoms with Gasteiger partial charge in [-0.1, -0.05) is 17.8 Å². The van der Waals surface area contributed by atoms with Crippen molar-refractivity contribution in [2.45, 2.75) is 32.9 Å². The quantitative estimate of drug-likeness (QED) is 0.821. The summed E-state index contributed by atoms with van der Waals surface area (Å²) in [6, 6.07) is 4.84. The number of aliphatic imine (C=N–C) groups is 1. The Morgan fingerprint density at radius 1 is 1.50 bits per heavy atom. The number of amidine groups is 1. The zero-order valence-electron chi connectivity index (χ0n) is 9.85. The van der Waals surface area contributed by atoms with E-state index in [-0.39, 0.29) is 0 Å². The number of thiophene rings is 1. The van der Waals surface area contributed by atoms with Crippen molar-refractivity contribution in [2.24, 2.45) is 4.99 Å². The van der Waals surface area contributed by atoms with Gasteiger partial charge in [-0.3, -0.25) is 4.99 Å². The molecular formula is C12H18N2S2. The Labute approximate surface area is 106 Å². The summed E-state index contributed by atoms with van der Waals surface area (Å²) < 4.78 is 0. The van der Waals surface area contributed by atoms with Crippen molar-refractivity contribution in [2.75, 3.05) is 12.3 Å². The first-order valence-electron chi connectivity index (χ1n) is 5.73. The lowest BCUT2D eigenvalue weighted by Crippen LogP contribution is -2.35. The van der Waals surface area contributed by atoms with E-state index in [4.69, 9.17) is 0 Å². The van der Waals surface area contributed by atoms with Gasteiger partial charge in [0.1, 0.15) is 0 Å². The molecule has 2 heterocycles. The molecule has 1 aliphatic rings. The van der Waals surface area contributed by atoms with Crippen molar-refractivity contribution in [1.29, 1.82) is 0 Å². The Morgan fingerprint density at radius 2 is 2.38 bits per heavy atom. The molecule has 0 radical (unpaired) electrons. The van der Waals surface area contributed by atoms with Gasteiger partial charge in [0.15, 0.2) is 5.17 Å². The molecule has 2 nitrogen and oxygen atoms in total. The first kappa shape index (κ1) is 12.0. The standard InChI is InChI=1S/C12H18N2S2/c1-10(2)14(9-11-5-3-7-15-11)12-13-6-4-8-16-12/h3,5,7,10H,4,6,8-9H2,1-2H3. The minimum absolute atomic E-state index is 0.520. The van der Waals surface area contributed by atoms with Crippen LogP contribution >= 0.6 is 23.1 Å². The van der Waals surface area contributed by atoms with Crippen LogP contribution in [0.1, 0.15) is 25.1 Å². The van der Waals surface area contributed by atoms with E-state index in [2.05, 4.69) is 41.3 Å². The van der Waals surface area contributed by atoms with Gasteiger partial charge in [0.25, 0.3) is 0 Å². The largest absolute Gasteiger partial charge is 0.344 e. The van der Waals surface area contributed by atoms with Crippen molar-refractivity contribution in [3.63, 3.8) is 0 Å². The van der Waals surface area contributed by atoms with E-state index in [9.17, 15) is 0 Å². The highest BCUT2D eigenvalue weighted by atomic mass is 32.2. The monoisotopic (exact) mass is 254 g/mol. The molecule has 1 aromatic heterocycles. The van der Waals surface area contributed by atoms with Crippen LogP contribution in [0.25, 0.3) is 0 Å². The molecule has 0 aliphatic carbocycles. The summed E-state index contributed by atoms with van der Waals surface area (Å²) in [7, 11) is 0. The molecule has 0 aromatic carbocycles. The van der Waals surface area contributed by atoms with Crippen LogP contribution < -0.4 is 0 Å². The van der Waals surface area contributed by atoms with E-state index in [1.165, 1.54) is 22.2 Å². The van der Waals surface area contributed by atoms with Gasteiger partial charge in [0.05, 0.1) is 6.54 Å². The van der Waals surface area contributed by atoms with Crippen molar-refractivity contribution < 1.29 is 0 Å². The number of hydrogen-bond donors (Lipinski definition) is 0. The Bertz CT molecular complexity index is 344. The second-order valence-corrected chi connectivity index (χ2v) is 6.26. The van der Waals surface area contributed by atoms with Gasteiger partial charge >= 0.3 is 0 Å². The normalized spacial score (nSPS) is 16.3. The smallest absolute Gasteiger partial charge is 0.159 e. The zero-order valence-corrected chi connectivity index (χ0v) is 11.5. The molecule has 1 aromatic rings. The van der Waals surface area contributed by atoms with Crippen LogP contribution in [0.3, 0.4) is 0 Å². The molecule has 2 rings (SSSR count). The third-order valence-electron chi connectivity index (χ3n) is 2.56. The van der Waals surface area contributed by atoms with Crippen LogP contribution in [0.15, 0.2) is 22.5 Å². The van der Waals surface area contributed by atoms with Crippen molar-refractivity contribution >= 4 is 28.3 Å². The second kappa shape index (κ2) is 5.73. The molecule has 88 valence electrons. The minimum Gasteiger partial charge on any atom is -0.344 e. The lowest BCUT2D eigenvalue weighted by atomic mass is 10.3. The number of nitrogens with zero attached hydrogens (tertiary/aromatic N) is 2. The molecule has 0 spiro atoms. The van der Waals surface area contributed by atoms with Crippen LogP contribution in [-0.2, 0) is 6.54 Å². The lowest BCUT2D eigenvalue weighted by Gasteiger charge is -2.30. The van der Waals surface area contributed by atoms with Crippen molar-refractivity contribution in [3.8, 4) is 0 Å². The molecule has 0 fully saturated rings. The highest BCUT2D eigenvalue weighted by Crippen LogP contribution is 2.21. The van der Waals surface area contributed by atoms with Gasteiger partial charge in [0, 0.05) is 23.2 Å². The number of hydrogen-bond acceptors (Lipinski definition) is 4. The van der Waals surface area contributed by atoms with E-state index in [1.807, 2.05) is 23.1 Å². The van der Waals surface area contributed by atoms with Gasteiger partial charge in [-0.05, 0) is 31.7 Å². The van der Waals surface area contributed by atoms with Gasteiger partial charge in [-0.15, -0.1) is 11.3 Å². The van der Waals surface area contributed by atoms with E-state index in [0.29, 0.717) is 6.04 Å². The van der Waals surface area contributed by atoms with Gasteiger partial charge in [0.2, 0.25) is 0 Å². The summed E-state index contributed by atoms with van der Waals surface area (Å²) in [5, 5.41) is 3.37. The second-order valence-electron chi connectivity index (χ2n) is 4.17. The summed E-state index contributed by atoms with van der Waals surface area (Å²) in [4.78, 5) is 8.47. The van der Waals surface area contributed by atoms with E-state index < -0.39 is 0 Å². The third kappa shape index (κ3) is 3.01. The first-order valence-corrected chi connectivity index (χ1v) is 7.60. The maximum atomic E-state index is 4.64. The van der Waals surface area contributed by atoms with Gasteiger partial charge in [-0.25, -0.2) is 0 Å². The Hall–Kier alpha value is -0.480. The van der Waals surface area contributed by atoms with Crippen molar-refractivity contribution in [1.82, 2.24) is 4.90 Å². The highest BCUT2D eigenvalue weighted by Gasteiger charge is 2.18. The van der Waals surface area contributed by atoms with Crippen LogP contribution in [0.5, 0.6) is 0 Å². The van der Waals surface area contributed by atoms with E-state index >= 15 is 0 Å². The fourth-order valence-electron chi connectivity index (χ4n) is 1.66. The summed E-state index contributed by atoms with van der Waals surface area (Å²) in [6.07, 6.45) is 1.22. The average molecular weight is 254 g/mol. The van der Waals surface area contributed by atoms with Crippen LogP contribution in [0.4, 0.5) is 0 Å². The van der Waals surface area contributed by atoms with Crippen LogP contribution in [0.2, 0.25) is 0 Å². The Kier molecular flexibility index (Phi) is 4.29. The first-order chi connectivity index (χ1) is 7.77. The average Bonchev–Trinajstić information content (AvgIpc) is 2.79. The summed E-state index contributed by atoms with van der Waals surface area (Å²) >= 11 is 3.73. The highest BCUT2D eigenvalue weighted by molar-refractivity contribution is 8.13. The topological polar surface area (TPSA) is 15.6 Å². The van der Waals surface area contributed by atoms with Crippen LogP contribution in [-0.4, -0.2) is 28.4 Å². The van der Waals surface area contributed by atoms with E-state index in [1.54, 1.807) is 0 Å². The maximum Gasteiger partial charge on any atom is 0.159 e. The Balaban J connectivity index is 2.07. The molecule has 0 N–H and O–H groups in total. The van der Waals surface area contributed by atoms with Crippen molar-refractivity contribution in [3.05, 3.63) is 22.4 Å². The van der Waals surface area contributed by atoms with Gasteiger partial charge in [-0.2, -0.15) is 0 Å². The minimum atomic E-state index is 0.520. The SMILES string of the molecule is CC(C)N(Cc1cccs1)C1=NCCCS1. The van der Waals surface area contributed by atoms with Crippen LogP contribution in [0, 0.1) is 0 Å². The molecule has 0 amide bonds. The molecule has 0 bridgehead atoms. The molecule has 0 saturated heterocycles. The van der Waals surface area contributed by atoms with Gasteiger partial charge < -0.3 is 4.90 Å². The molecule has 16 heavy (non-hydrogen) atoms. The molecule has 4 heteroatoms. The molecule has 0 saturated carbocycles.